The van der Waals surface area contributed by atoms with Gasteiger partial charge in [0, 0.05) is 5.69 Å². The van der Waals surface area contributed by atoms with E-state index in [9.17, 15) is 9.59 Å². The Morgan fingerprint density at radius 2 is 1.65 bits per heavy atom. The van der Waals surface area contributed by atoms with Gasteiger partial charge in [0.25, 0.3) is 5.91 Å². The van der Waals surface area contributed by atoms with Crippen LogP contribution in [0.3, 0.4) is 0 Å². The van der Waals surface area contributed by atoms with Crippen LogP contribution in [0.1, 0.15) is 11.1 Å². The number of benzene rings is 2. The lowest BCUT2D eigenvalue weighted by atomic mass is 10.2. The lowest BCUT2D eigenvalue weighted by Gasteiger charge is -2.10. The fourth-order valence-electron chi connectivity index (χ4n) is 1.92. The summed E-state index contributed by atoms with van der Waals surface area (Å²) >= 11 is 0. The summed E-state index contributed by atoms with van der Waals surface area (Å²) in [5.41, 5.74) is 2.83. The van der Waals surface area contributed by atoms with Crippen LogP contribution in [0.5, 0.6) is 5.75 Å². The Morgan fingerprint density at radius 1 is 0.957 bits per heavy atom. The van der Waals surface area contributed by atoms with Crippen molar-refractivity contribution in [2.45, 2.75) is 13.8 Å². The van der Waals surface area contributed by atoms with Gasteiger partial charge in [-0.15, -0.1) is 0 Å². The second kappa shape index (κ2) is 7.98. The van der Waals surface area contributed by atoms with Gasteiger partial charge in [0.15, 0.2) is 6.61 Å². The van der Waals surface area contributed by atoms with E-state index in [4.69, 9.17) is 4.74 Å². The molecule has 0 aliphatic rings. The highest BCUT2D eigenvalue weighted by Crippen LogP contribution is 2.12. The number of para-hydroxylation sites is 1. The van der Waals surface area contributed by atoms with Crippen molar-refractivity contribution in [3.8, 4) is 5.75 Å². The van der Waals surface area contributed by atoms with E-state index in [1.54, 1.807) is 12.1 Å². The number of ether oxygens (including phenoxy) is 1. The molecule has 0 saturated carbocycles. The van der Waals surface area contributed by atoms with Crippen LogP contribution < -0.4 is 15.4 Å². The third kappa shape index (κ3) is 5.47. The van der Waals surface area contributed by atoms with Crippen molar-refractivity contribution in [1.29, 1.82) is 0 Å². The van der Waals surface area contributed by atoms with Gasteiger partial charge in [-0.1, -0.05) is 35.9 Å². The molecule has 2 rings (SSSR count). The van der Waals surface area contributed by atoms with Crippen molar-refractivity contribution in [2.24, 2.45) is 0 Å². The highest BCUT2D eigenvalue weighted by molar-refractivity contribution is 5.95. The molecule has 0 heterocycles. The number of nitrogens with one attached hydrogen (secondary N) is 2. The second-order valence-electron chi connectivity index (χ2n) is 5.24. The normalized spacial score (nSPS) is 10.0. The van der Waals surface area contributed by atoms with E-state index in [-0.39, 0.29) is 25.0 Å². The molecule has 2 aromatic carbocycles. The molecular formula is C18H20N2O3. The summed E-state index contributed by atoms with van der Waals surface area (Å²) in [5.74, 6) is 0.00334. The molecule has 0 bridgehead atoms. The van der Waals surface area contributed by atoms with Gasteiger partial charge in [-0.2, -0.15) is 0 Å². The molecule has 0 aliphatic carbocycles. The van der Waals surface area contributed by atoms with Crippen LogP contribution in [0.4, 0.5) is 5.69 Å². The third-order valence-electron chi connectivity index (χ3n) is 3.26. The monoisotopic (exact) mass is 312 g/mol. The van der Waals surface area contributed by atoms with Crippen LogP contribution >= 0.6 is 0 Å². The molecule has 0 aliphatic heterocycles. The summed E-state index contributed by atoms with van der Waals surface area (Å²) in [6.07, 6.45) is 0. The lowest BCUT2D eigenvalue weighted by molar-refractivity contribution is -0.125. The van der Waals surface area contributed by atoms with Crippen LogP contribution in [-0.4, -0.2) is 25.0 Å². The maximum absolute atomic E-state index is 11.8. The summed E-state index contributed by atoms with van der Waals surface area (Å²) in [4.78, 5) is 23.5. The molecule has 0 unspecified atom stereocenters. The van der Waals surface area contributed by atoms with Gasteiger partial charge in [-0.25, -0.2) is 0 Å². The maximum atomic E-state index is 11.8. The number of rotatable bonds is 6. The van der Waals surface area contributed by atoms with E-state index in [0.717, 1.165) is 16.8 Å². The highest BCUT2D eigenvalue weighted by Gasteiger charge is 2.07. The van der Waals surface area contributed by atoms with Crippen LogP contribution in [0.15, 0.2) is 48.5 Å². The van der Waals surface area contributed by atoms with E-state index in [1.807, 2.05) is 50.2 Å². The summed E-state index contributed by atoms with van der Waals surface area (Å²) in [7, 11) is 0. The number of carbonyl (C=O) groups is 2. The Kier molecular flexibility index (Phi) is 5.74. The Balaban J connectivity index is 1.72. The number of hydrogen-bond acceptors (Lipinski definition) is 3. The van der Waals surface area contributed by atoms with Crippen LogP contribution in [0, 0.1) is 13.8 Å². The van der Waals surface area contributed by atoms with Gasteiger partial charge in [-0.3, -0.25) is 9.59 Å². The largest absolute Gasteiger partial charge is 0.484 e. The van der Waals surface area contributed by atoms with Gasteiger partial charge >= 0.3 is 0 Å². The van der Waals surface area contributed by atoms with Gasteiger partial charge in [-0.05, 0) is 37.6 Å². The molecule has 2 aromatic rings. The molecular weight excluding hydrogens is 292 g/mol. The predicted octanol–water partition coefficient (Wildman–Crippen LogP) is 2.44. The molecule has 0 aromatic heterocycles. The lowest BCUT2D eigenvalue weighted by Crippen LogP contribution is -2.35. The van der Waals surface area contributed by atoms with Crippen molar-refractivity contribution in [3.05, 3.63) is 59.7 Å². The van der Waals surface area contributed by atoms with E-state index in [2.05, 4.69) is 10.6 Å². The molecule has 0 atom stereocenters. The van der Waals surface area contributed by atoms with E-state index in [1.165, 1.54) is 0 Å². The summed E-state index contributed by atoms with van der Waals surface area (Å²) in [6.45, 7) is 3.66. The highest BCUT2D eigenvalue weighted by atomic mass is 16.5. The minimum absolute atomic E-state index is 0.0928. The summed E-state index contributed by atoms with van der Waals surface area (Å²) < 4.78 is 5.35. The smallest absolute Gasteiger partial charge is 0.258 e. The van der Waals surface area contributed by atoms with Crippen LogP contribution in [-0.2, 0) is 9.59 Å². The standard InChI is InChI=1S/C18H20N2O3/c1-13-7-9-15(10-8-13)23-12-18(22)19-11-17(21)20-16-6-4-3-5-14(16)2/h3-10H,11-12H2,1-2H3,(H,19,22)(H,20,21). The fourth-order valence-corrected chi connectivity index (χ4v) is 1.92. The van der Waals surface area contributed by atoms with E-state index >= 15 is 0 Å². The molecule has 5 nitrogen and oxygen atoms in total. The molecule has 2 N–H and O–H groups in total. The van der Waals surface area contributed by atoms with Crippen molar-refractivity contribution in [2.75, 3.05) is 18.5 Å². The molecule has 0 radical (unpaired) electrons. The SMILES string of the molecule is Cc1ccc(OCC(=O)NCC(=O)Nc2ccccc2C)cc1. The first-order chi connectivity index (χ1) is 11.0. The topological polar surface area (TPSA) is 67.4 Å². The number of carbonyl (C=O) groups excluding carboxylic acids is 2. The summed E-state index contributed by atoms with van der Waals surface area (Å²) in [5, 5.41) is 5.28. The zero-order valence-electron chi connectivity index (χ0n) is 13.3. The van der Waals surface area contributed by atoms with Gasteiger partial charge in [0.2, 0.25) is 5.91 Å². The van der Waals surface area contributed by atoms with Gasteiger partial charge in [0.1, 0.15) is 5.75 Å². The molecule has 5 heteroatoms. The van der Waals surface area contributed by atoms with Crippen molar-refractivity contribution in [3.63, 3.8) is 0 Å². The van der Waals surface area contributed by atoms with Crippen molar-refractivity contribution >= 4 is 17.5 Å². The fraction of sp³-hybridized carbons (Fsp3) is 0.222. The minimum atomic E-state index is -0.342. The van der Waals surface area contributed by atoms with Crippen molar-refractivity contribution < 1.29 is 14.3 Å². The van der Waals surface area contributed by atoms with Crippen molar-refractivity contribution in [1.82, 2.24) is 5.32 Å². The van der Waals surface area contributed by atoms with E-state index in [0.29, 0.717) is 5.75 Å². The molecule has 23 heavy (non-hydrogen) atoms. The Bertz CT molecular complexity index is 681. The average Bonchev–Trinajstić information content (AvgIpc) is 2.54. The first-order valence-electron chi connectivity index (χ1n) is 7.36. The number of amides is 2. The Hall–Kier alpha value is -2.82. The van der Waals surface area contributed by atoms with Gasteiger partial charge in [0.05, 0.1) is 6.54 Å². The number of hydrogen-bond donors (Lipinski definition) is 2. The first-order valence-corrected chi connectivity index (χ1v) is 7.36. The van der Waals surface area contributed by atoms with Crippen LogP contribution in [0.2, 0.25) is 0 Å². The molecule has 120 valence electrons. The Morgan fingerprint density at radius 3 is 2.35 bits per heavy atom. The molecule has 0 spiro atoms. The summed E-state index contributed by atoms with van der Waals surface area (Å²) in [6, 6.07) is 14.9. The minimum Gasteiger partial charge on any atom is -0.484 e. The van der Waals surface area contributed by atoms with E-state index < -0.39 is 0 Å². The Labute approximate surface area is 135 Å². The second-order valence-corrected chi connectivity index (χ2v) is 5.24. The number of anilines is 1. The third-order valence-corrected chi connectivity index (χ3v) is 3.26. The average molecular weight is 312 g/mol. The number of aryl methyl sites for hydroxylation is 2. The quantitative estimate of drug-likeness (QED) is 0.861. The maximum Gasteiger partial charge on any atom is 0.258 e. The molecule has 0 fully saturated rings. The zero-order chi connectivity index (χ0) is 16.7. The molecule has 0 saturated heterocycles. The van der Waals surface area contributed by atoms with Crippen LogP contribution in [0.25, 0.3) is 0 Å². The predicted molar refractivity (Wildman–Crippen MR) is 89.5 cm³/mol. The first kappa shape index (κ1) is 16.5. The van der Waals surface area contributed by atoms with Gasteiger partial charge < -0.3 is 15.4 Å². The molecule has 2 amide bonds. The zero-order valence-corrected chi connectivity index (χ0v) is 13.3.